The first-order valence-corrected chi connectivity index (χ1v) is 7.51. The summed E-state index contributed by atoms with van der Waals surface area (Å²) >= 11 is 0. The van der Waals surface area contributed by atoms with Gasteiger partial charge in [0.15, 0.2) is 0 Å². The lowest BCUT2D eigenvalue weighted by molar-refractivity contribution is 0.100. The van der Waals surface area contributed by atoms with Gasteiger partial charge in [0.05, 0.1) is 6.61 Å². The van der Waals surface area contributed by atoms with Crippen LogP contribution in [0.4, 0.5) is 0 Å². The molecule has 0 aliphatic heterocycles. The number of hydrogen-bond donors (Lipinski definition) is 1. The molecule has 108 valence electrons. The molecule has 3 heteroatoms. The standard InChI is InChI=1S/C15H32N2O/c1-12(2)9-14(10-16)11-17(7-8-18-4)13(3)15-5-6-15/h12-15H,5-11,16H2,1-4H3. The minimum Gasteiger partial charge on any atom is -0.383 e. The molecule has 0 heterocycles. The van der Waals surface area contributed by atoms with Crippen molar-refractivity contribution in [1.82, 2.24) is 4.90 Å². The van der Waals surface area contributed by atoms with Crippen molar-refractivity contribution < 1.29 is 4.74 Å². The summed E-state index contributed by atoms with van der Waals surface area (Å²) in [6.07, 6.45) is 4.04. The van der Waals surface area contributed by atoms with E-state index in [1.807, 2.05) is 0 Å². The van der Waals surface area contributed by atoms with Gasteiger partial charge < -0.3 is 10.5 Å². The maximum atomic E-state index is 5.93. The van der Waals surface area contributed by atoms with E-state index in [4.69, 9.17) is 10.5 Å². The summed E-state index contributed by atoms with van der Waals surface area (Å²) in [7, 11) is 1.79. The molecule has 1 aliphatic carbocycles. The maximum Gasteiger partial charge on any atom is 0.0589 e. The number of nitrogens with two attached hydrogens (primary N) is 1. The Balaban J connectivity index is 2.46. The molecule has 1 aliphatic rings. The predicted octanol–water partition coefficient (Wildman–Crippen LogP) is 2.35. The van der Waals surface area contributed by atoms with Crippen molar-refractivity contribution in [3.63, 3.8) is 0 Å². The number of rotatable bonds is 10. The number of ether oxygens (including phenoxy) is 1. The van der Waals surface area contributed by atoms with Crippen LogP contribution >= 0.6 is 0 Å². The van der Waals surface area contributed by atoms with Crippen LogP contribution in [-0.2, 0) is 4.74 Å². The highest BCUT2D eigenvalue weighted by atomic mass is 16.5. The second-order valence-corrected chi connectivity index (χ2v) is 6.30. The summed E-state index contributed by atoms with van der Waals surface area (Å²) in [6, 6.07) is 0.696. The van der Waals surface area contributed by atoms with Gasteiger partial charge in [0.2, 0.25) is 0 Å². The van der Waals surface area contributed by atoms with Crippen LogP contribution < -0.4 is 5.73 Å². The Hall–Kier alpha value is -0.120. The number of methoxy groups -OCH3 is 1. The molecule has 2 atom stereocenters. The Morgan fingerprint density at radius 3 is 2.39 bits per heavy atom. The first kappa shape index (κ1) is 15.9. The molecule has 1 fully saturated rings. The Bertz CT molecular complexity index is 217. The summed E-state index contributed by atoms with van der Waals surface area (Å²) in [5.41, 5.74) is 5.93. The first-order valence-electron chi connectivity index (χ1n) is 7.51. The van der Waals surface area contributed by atoms with Crippen LogP contribution in [0.2, 0.25) is 0 Å². The Labute approximate surface area is 113 Å². The van der Waals surface area contributed by atoms with E-state index >= 15 is 0 Å². The Morgan fingerprint density at radius 2 is 1.94 bits per heavy atom. The van der Waals surface area contributed by atoms with E-state index < -0.39 is 0 Å². The zero-order valence-electron chi connectivity index (χ0n) is 12.7. The van der Waals surface area contributed by atoms with Crippen molar-refractivity contribution in [2.45, 2.75) is 46.1 Å². The SMILES string of the molecule is COCCN(CC(CN)CC(C)C)C(C)C1CC1. The van der Waals surface area contributed by atoms with Gasteiger partial charge in [0.25, 0.3) is 0 Å². The smallest absolute Gasteiger partial charge is 0.0589 e. The monoisotopic (exact) mass is 256 g/mol. The lowest BCUT2D eigenvalue weighted by atomic mass is 9.96. The molecule has 0 spiro atoms. The van der Waals surface area contributed by atoms with Crippen molar-refractivity contribution in [1.29, 1.82) is 0 Å². The molecule has 0 aromatic heterocycles. The Kier molecular flexibility index (Phi) is 7.20. The minimum atomic E-state index is 0.628. The van der Waals surface area contributed by atoms with Crippen LogP contribution in [-0.4, -0.2) is 44.3 Å². The van der Waals surface area contributed by atoms with Gasteiger partial charge >= 0.3 is 0 Å². The molecular formula is C15H32N2O. The van der Waals surface area contributed by atoms with Crippen molar-refractivity contribution in [2.24, 2.45) is 23.5 Å². The van der Waals surface area contributed by atoms with Crippen molar-refractivity contribution in [3.8, 4) is 0 Å². The molecule has 2 unspecified atom stereocenters. The lowest BCUT2D eigenvalue weighted by Gasteiger charge is -2.32. The summed E-state index contributed by atoms with van der Waals surface area (Å²) < 4.78 is 5.25. The zero-order valence-corrected chi connectivity index (χ0v) is 12.7. The average Bonchev–Trinajstić information content (AvgIpc) is 3.15. The molecule has 0 bridgehead atoms. The number of nitrogens with zero attached hydrogens (tertiary/aromatic N) is 1. The van der Waals surface area contributed by atoms with Crippen LogP contribution in [0.5, 0.6) is 0 Å². The minimum absolute atomic E-state index is 0.628. The van der Waals surface area contributed by atoms with E-state index in [0.29, 0.717) is 12.0 Å². The highest BCUT2D eigenvalue weighted by molar-refractivity contribution is 4.86. The third-order valence-electron chi connectivity index (χ3n) is 4.09. The van der Waals surface area contributed by atoms with E-state index in [2.05, 4.69) is 25.7 Å². The summed E-state index contributed by atoms with van der Waals surface area (Å²) in [5, 5.41) is 0. The van der Waals surface area contributed by atoms with Gasteiger partial charge in [-0.1, -0.05) is 13.8 Å². The summed E-state index contributed by atoms with van der Waals surface area (Å²) in [6.45, 7) is 10.8. The van der Waals surface area contributed by atoms with Gasteiger partial charge in [0.1, 0.15) is 0 Å². The molecule has 0 radical (unpaired) electrons. The number of hydrogen-bond acceptors (Lipinski definition) is 3. The zero-order chi connectivity index (χ0) is 13.5. The maximum absolute atomic E-state index is 5.93. The van der Waals surface area contributed by atoms with Crippen molar-refractivity contribution in [2.75, 3.05) is 33.4 Å². The van der Waals surface area contributed by atoms with Gasteiger partial charge in [-0.3, -0.25) is 4.90 Å². The van der Waals surface area contributed by atoms with Crippen molar-refractivity contribution >= 4 is 0 Å². The largest absolute Gasteiger partial charge is 0.383 e. The second-order valence-electron chi connectivity index (χ2n) is 6.30. The third-order valence-corrected chi connectivity index (χ3v) is 4.09. The van der Waals surface area contributed by atoms with Gasteiger partial charge in [-0.2, -0.15) is 0 Å². The lowest BCUT2D eigenvalue weighted by Crippen LogP contribution is -2.42. The van der Waals surface area contributed by atoms with Gasteiger partial charge in [-0.25, -0.2) is 0 Å². The fourth-order valence-corrected chi connectivity index (χ4v) is 2.79. The molecule has 0 amide bonds. The van der Waals surface area contributed by atoms with Gasteiger partial charge in [0, 0.05) is 26.2 Å². The predicted molar refractivity (Wildman–Crippen MR) is 77.6 cm³/mol. The molecule has 1 rings (SSSR count). The summed E-state index contributed by atoms with van der Waals surface area (Å²) in [5.74, 6) is 2.28. The molecule has 2 N–H and O–H groups in total. The van der Waals surface area contributed by atoms with Gasteiger partial charge in [-0.05, 0) is 50.5 Å². The van der Waals surface area contributed by atoms with Crippen LogP contribution in [0, 0.1) is 17.8 Å². The van der Waals surface area contributed by atoms with Crippen LogP contribution in [0.1, 0.15) is 40.0 Å². The first-order chi connectivity index (χ1) is 8.58. The molecule has 0 aromatic carbocycles. The summed E-state index contributed by atoms with van der Waals surface area (Å²) in [4.78, 5) is 2.60. The van der Waals surface area contributed by atoms with Crippen LogP contribution in [0.15, 0.2) is 0 Å². The molecule has 3 nitrogen and oxygen atoms in total. The van der Waals surface area contributed by atoms with E-state index in [9.17, 15) is 0 Å². The molecular weight excluding hydrogens is 224 g/mol. The van der Waals surface area contributed by atoms with E-state index in [0.717, 1.165) is 38.1 Å². The topological polar surface area (TPSA) is 38.5 Å². The highest BCUT2D eigenvalue weighted by Gasteiger charge is 2.32. The Morgan fingerprint density at radius 1 is 1.28 bits per heavy atom. The highest BCUT2D eigenvalue weighted by Crippen LogP contribution is 2.35. The quantitative estimate of drug-likeness (QED) is 0.652. The fourth-order valence-electron chi connectivity index (χ4n) is 2.79. The molecule has 1 saturated carbocycles. The average molecular weight is 256 g/mol. The molecule has 0 aromatic rings. The van der Waals surface area contributed by atoms with Gasteiger partial charge in [-0.15, -0.1) is 0 Å². The van der Waals surface area contributed by atoms with Crippen LogP contribution in [0.3, 0.4) is 0 Å². The van der Waals surface area contributed by atoms with E-state index in [1.165, 1.54) is 19.3 Å². The van der Waals surface area contributed by atoms with E-state index in [-0.39, 0.29) is 0 Å². The van der Waals surface area contributed by atoms with E-state index in [1.54, 1.807) is 7.11 Å². The molecule has 0 saturated heterocycles. The molecule has 18 heavy (non-hydrogen) atoms. The second kappa shape index (κ2) is 8.13. The third kappa shape index (κ3) is 5.68. The normalized spacial score (nSPS) is 19.5. The fraction of sp³-hybridized carbons (Fsp3) is 1.00. The van der Waals surface area contributed by atoms with Crippen LogP contribution in [0.25, 0.3) is 0 Å². The van der Waals surface area contributed by atoms with Crippen molar-refractivity contribution in [3.05, 3.63) is 0 Å².